The topological polar surface area (TPSA) is 66.8 Å². The molecule has 1 aromatic heterocycles. The molecule has 110 valence electrons. The number of benzene rings is 2. The molecule has 1 aliphatic rings. The summed E-state index contributed by atoms with van der Waals surface area (Å²) >= 11 is 0. The van der Waals surface area contributed by atoms with E-state index in [4.69, 9.17) is 9.47 Å². The summed E-state index contributed by atoms with van der Waals surface area (Å²) in [5.41, 5.74) is 2.29. The highest BCUT2D eigenvalue weighted by Gasteiger charge is 2.12. The highest BCUT2D eigenvalue weighted by molar-refractivity contribution is 6.02. The number of H-pyrrole nitrogens is 1. The summed E-state index contributed by atoms with van der Waals surface area (Å²) in [6, 6.07) is 13.2. The average molecular weight is 294 g/mol. The fourth-order valence-corrected chi connectivity index (χ4v) is 2.53. The largest absolute Gasteiger partial charge is 0.494 e. The third-order valence-corrected chi connectivity index (χ3v) is 3.59. The monoisotopic (exact) mass is 294 g/mol. The minimum atomic E-state index is 0.113. The summed E-state index contributed by atoms with van der Waals surface area (Å²) in [6.45, 7) is 1.11. The minimum Gasteiger partial charge on any atom is -0.494 e. The number of para-hydroxylation sites is 1. The first kappa shape index (κ1) is 12.8. The number of nitrogens with zero attached hydrogens (tertiary/aromatic N) is 1. The number of rotatable bonds is 2. The maximum Gasteiger partial charge on any atom is 0.198 e. The molecule has 0 atom stereocenters. The van der Waals surface area contributed by atoms with E-state index in [-0.39, 0.29) is 5.88 Å². The van der Waals surface area contributed by atoms with Crippen LogP contribution in [0.4, 0.5) is 5.69 Å². The van der Waals surface area contributed by atoms with Crippen molar-refractivity contribution < 1.29 is 14.6 Å². The Morgan fingerprint density at radius 3 is 2.77 bits per heavy atom. The molecule has 0 bridgehead atoms. The van der Waals surface area contributed by atoms with Gasteiger partial charge < -0.3 is 19.6 Å². The lowest BCUT2D eigenvalue weighted by Gasteiger charge is -2.18. The molecule has 5 heteroatoms. The number of aromatic amines is 1. The van der Waals surface area contributed by atoms with Crippen molar-refractivity contribution in [3.8, 4) is 17.4 Å². The normalized spacial score (nSPS) is 13.8. The van der Waals surface area contributed by atoms with Crippen molar-refractivity contribution in [1.82, 2.24) is 4.98 Å². The molecule has 0 spiro atoms. The second-order valence-corrected chi connectivity index (χ2v) is 5.02. The van der Waals surface area contributed by atoms with Gasteiger partial charge in [0.15, 0.2) is 17.4 Å². The molecular weight excluding hydrogens is 280 g/mol. The fourth-order valence-electron chi connectivity index (χ4n) is 2.53. The zero-order valence-electron chi connectivity index (χ0n) is 11.7. The van der Waals surface area contributed by atoms with Gasteiger partial charge in [0.25, 0.3) is 0 Å². The maximum atomic E-state index is 10.0. The number of fused-ring (bicyclic) bond motifs is 2. The number of hydrogen-bond acceptors (Lipinski definition) is 4. The molecular formula is C17H14N2O3. The van der Waals surface area contributed by atoms with Crippen LogP contribution < -0.4 is 9.47 Å². The van der Waals surface area contributed by atoms with Gasteiger partial charge in [-0.2, -0.15) is 0 Å². The van der Waals surface area contributed by atoms with Gasteiger partial charge >= 0.3 is 0 Å². The molecule has 0 radical (unpaired) electrons. The van der Waals surface area contributed by atoms with Crippen LogP contribution in [0.1, 0.15) is 5.56 Å². The van der Waals surface area contributed by atoms with Gasteiger partial charge in [-0.3, -0.25) is 4.99 Å². The van der Waals surface area contributed by atoms with Gasteiger partial charge in [0, 0.05) is 23.2 Å². The zero-order valence-corrected chi connectivity index (χ0v) is 11.7. The Morgan fingerprint density at radius 1 is 1.05 bits per heavy atom. The predicted octanol–water partition coefficient (Wildman–Crippen LogP) is 3.40. The van der Waals surface area contributed by atoms with Crippen molar-refractivity contribution in [3.63, 3.8) is 0 Å². The lowest BCUT2D eigenvalue weighted by Crippen LogP contribution is -2.14. The number of aromatic hydroxyl groups is 1. The number of ether oxygens (including phenoxy) is 2. The average Bonchev–Trinajstić information content (AvgIpc) is 2.88. The molecule has 0 saturated heterocycles. The van der Waals surface area contributed by atoms with Crippen LogP contribution in [0.15, 0.2) is 47.5 Å². The molecule has 5 nitrogen and oxygen atoms in total. The first-order valence-electron chi connectivity index (χ1n) is 7.05. The van der Waals surface area contributed by atoms with Crippen molar-refractivity contribution in [1.29, 1.82) is 0 Å². The lowest BCUT2D eigenvalue weighted by molar-refractivity contribution is 0.171. The van der Waals surface area contributed by atoms with Crippen LogP contribution in [0.3, 0.4) is 0 Å². The SMILES string of the molecule is Oc1[nH]c2ccccc2c1C=Nc1ccc2c(c1)OCCO2. The molecule has 2 aromatic carbocycles. The van der Waals surface area contributed by atoms with E-state index in [0.29, 0.717) is 24.5 Å². The van der Waals surface area contributed by atoms with Crippen molar-refractivity contribution >= 4 is 22.8 Å². The van der Waals surface area contributed by atoms with Crippen LogP contribution in [-0.4, -0.2) is 29.5 Å². The third-order valence-electron chi connectivity index (χ3n) is 3.59. The number of aliphatic imine (C=N–C) groups is 1. The molecule has 0 amide bonds. The third kappa shape index (κ3) is 2.16. The Kier molecular flexibility index (Phi) is 2.96. The van der Waals surface area contributed by atoms with Gasteiger partial charge in [0.1, 0.15) is 13.2 Å². The van der Waals surface area contributed by atoms with Crippen LogP contribution in [-0.2, 0) is 0 Å². The van der Waals surface area contributed by atoms with Crippen molar-refractivity contribution in [2.75, 3.05) is 13.2 Å². The zero-order chi connectivity index (χ0) is 14.9. The molecule has 0 unspecified atom stereocenters. The molecule has 4 rings (SSSR count). The Morgan fingerprint density at radius 2 is 1.86 bits per heavy atom. The van der Waals surface area contributed by atoms with Crippen molar-refractivity contribution in [2.45, 2.75) is 0 Å². The van der Waals surface area contributed by atoms with E-state index in [0.717, 1.165) is 22.3 Å². The standard InChI is InChI=1S/C17H14N2O3/c20-17-13(12-3-1-2-4-14(12)19-17)10-18-11-5-6-15-16(9-11)22-8-7-21-15/h1-6,9-10,19-20H,7-8H2. The molecule has 0 aliphatic carbocycles. The Bertz CT molecular complexity index is 867. The van der Waals surface area contributed by atoms with Gasteiger partial charge in [-0.05, 0) is 18.2 Å². The molecule has 2 N–H and O–H groups in total. The van der Waals surface area contributed by atoms with E-state index >= 15 is 0 Å². The molecule has 1 aliphatic heterocycles. The Labute approximate surface area is 126 Å². The molecule has 0 fully saturated rings. The number of nitrogens with one attached hydrogen (secondary N) is 1. The Balaban J connectivity index is 1.70. The van der Waals surface area contributed by atoms with Gasteiger partial charge in [-0.15, -0.1) is 0 Å². The van der Waals surface area contributed by atoms with Crippen LogP contribution >= 0.6 is 0 Å². The summed E-state index contributed by atoms with van der Waals surface area (Å²) in [5.74, 6) is 1.55. The number of aromatic nitrogens is 1. The van der Waals surface area contributed by atoms with Crippen molar-refractivity contribution in [2.24, 2.45) is 4.99 Å². The van der Waals surface area contributed by atoms with E-state index in [1.54, 1.807) is 6.21 Å². The Hall–Kier alpha value is -2.95. The van der Waals surface area contributed by atoms with Gasteiger partial charge in [-0.25, -0.2) is 0 Å². The van der Waals surface area contributed by atoms with Gasteiger partial charge in [0.05, 0.1) is 11.3 Å². The van der Waals surface area contributed by atoms with E-state index in [1.165, 1.54) is 0 Å². The minimum absolute atomic E-state index is 0.113. The molecule has 22 heavy (non-hydrogen) atoms. The smallest absolute Gasteiger partial charge is 0.198 e. The van der Waals surface area contributed by atoms with E-state index in [1.807, 2.05) is 42.5 Å². The van der Waals surface area contributed by atoms with Crippen LogP contribution in [0.25, 0.3) is 10.9 Å². The molecule has 2 heterocycles. The van der Waals surface area contributed by atoms with E-state index < -0.39 is 0 Å². The summed E-state index contributed by atoms with van der Waals surface area (Å²) < 4.78 is 11.0. The first-order valence-corrected chi connectivity index (χ1v) is 7.05. The van der Waals surface area contributed by atoms with E-state index in [2.05, 4.69) is 9.98 Å². The summed E-state index contributed by atoms with van der Waals surface area (Å²) in [7, 11) is 0. The number of hydrogen-bond donors (Lipinski definition) is 2. The quantitative estimate of drug-likeness (QED) is 0.712. The molecule has 0 saturated carbocycles. The van der Waals surface area contributed by atoms with Gasteiger partial charge in [0.2, 0.25) is 0 Å². The van der Waals surface area contributed by atoms with Gasteiger partial charge in [-0.1, -0.05) is 18.2 Å². The van der Waals surface area contributed by atoms with Crippen LogP contribution in [0.5, 0.6) is 17.4 Å². The first-order chi connectivity index (χ1) is 10.8. The fraction of sp³-hybridized carbons (Fsp3) is 0.118. The van der Waals surface area contributed by atoms with E-state index in [9.17, 15) is 5.11 Å². The van der Waals surface area contributed by atoms with Crippen LogP contribution in [0.2, 0.25) is 0 Å². The van der Waals surface area contributed by atoms with Crippen molar-refractivity contribution in [3.05, 3.63) is 48.0 Å². The van der Waals surface area contributed by atoms with Crippen LogP contribution in [0, 0.1) is 0 Å². The second kappa shape index (κ2) is 5.11. The summed E-state index contributed by atoms with van der Waals surface area (Å²) in [6.07, 6.45) is 1.65. The summed E-state index contributed by atoms with van der Waals surface area (Å²) in [4.78, 5) is 7.36. The highest BCUT2D eigenvalue weighted by Crippen LogP contribution is 2.34. The molecule has 3 aromatic rings. The highest BCUT2D eigenvalue weighted by atomic mass is 16.6. The predicted molar refractivity (Wildman–Crippen MR) is 84.6 cm³/mol. The second-order valence-electron chi connectivity index (χ2n) is 5.02. The lowest BCUT2D eigenvalue weighted by atomic mass is 10.2. The summed E-state index contributed by atoms with van der Waals surface area (Å²) in [5, 5.41) is 10.9. The maximum absolute atomic E-state index is 10.0.